The number of benzene rings is 1. The van der Waals surface area contributed by atoms with Crippen molar-refractivity contribution >= 4 is 17.1 Å². The van der Waals surface area contributed by atoms with Crippen LogP contribution in [0.2, 0.25) is 0 Å². The zero-order valence-corrected chi connectivity index (χ0v) is 10.1. The van der Waals surface area contributed by atoms with Gasteiger partial charge in [-0.1, -0.05) is 13.8 Å². The number of H-pyrrole nitrogens is 1. The molecule has 2 rings (SSSR count). The quantitative estimate of drug-likeness (QED) is 0.753. The maximum absolute atomic E-state index is 13.0. The predicted molar refractivity (Wildman–Crippen MR) is 69.1 cm³/mol. The molecule has 0 aliphatic rings. The minimum atomic E-state index is -0.224. The maximum atomic E-state index is 13.0. The van der Waals surface area contributed by atoms with Crippen molar-refractivity contribution in [3.63, 3.8) is 0 Å². The summed E-state index contributed by atoms with van der Waals surface area (Å²) >= 11 is 0. The Morgan fingerprint density at radius 3 is 2.82 bits per heavy atom. The third-order valence-electron chi connectivity index (χ3n) is 3.26. The molecule has 0 radical (unpaired) electrons. The summed E-state index contributed by atoms with van der Waals surface area (Å²) < 4.78 is 13.0. The van der Waals surface area contributed by atoms with Crippen molar-refractivity contribution in [3.05, 3.63) is 35.8 Å². The van der Waals surface area contributed by atoms with Gasteiger partial charge in [0.1, 0.15) is 5.82 Å². The maximum Gasteiger partial charge on any atom is 0.125 e. The molecule has 0 fully saturated rings. The molecule has 0 amide bonds. The molecule has 0 saturated heterocycles. The van der Waals surface area contributed by atoms with Gasteiger partial charge >= 0.3 is 0 Å². The van der Waals surface area contributed by atoms with E-state index in [-0.39, 0.29) is 11.7 Å². The summed E-state index contributed by atoms with van der Waals surface area (Å²) in [5, 5.41) is 8.49. The normalized spacial score (nSPS) is 13.2. The lowest BCUT2D eigenvalue weighted by Gasteiger charge is -2.14. The standard InChI is InChI=1S/C14H17FN2/c1-9(2)10(7-16)5-11-8-17-14-6-12(15)3-4-13(11)14/h3-4,6-10,16-17H,5H2,1-2H3. The number of hydrogen-bond acceptors (Lipinski definition) is 1. The largest absolute Gasteiger partial charge is 0.361 e. The number of aromatic amines is 1. The predicted octanol–water partition coefficient (Wildman–Crippen LogP) is 3.77. The second-order valence-corrected chi connectivity index (χ2v) is 4.78. The van der Waals surface area contributed by atoms with Crippen LogP contribution in [-0.2, 0) is 6.42 Å². The highest BCUT2D eigenvalue weighted by atomic mass is 19.1. The number of halogens is 1. The SMILES string of the molecule is CC(C)C(C=N)Cc1c[nH]c2cc(F)ccc12. The summed E-state index contributed by atoms with van der Waals surface area (Å²) in [7, 11) is 0. The van der Waals surface area contributed by atoms with Crippen LogP contribution in [0.25, 0.3) is 10.9 Å². The summed E-state index contributed by atoms with van der Waals surface area (Å²) in [4.78, 5) is 3.08. The van der Waals surface area contributed by atoms with Crippen LogP contribution in [0.3, 0.4) is 0 Å². The number of fused-ring (bicyclic) bond motifs is 1. The number of rotatable bonds is 4. The Labute approximate surface area is 100 Å². The minimum absolute atomic E-state index is 0.224. The second kappa shape index (κ2) is 4.70. The van der Waals surface area contributed by atoms with Crippen LogP contribution >= 0.6 is 0 Å². The van der Waals surface area contributed by atoms with Gasteiger partial charge in [-0.3, -0.25) is 0 Å². The Bertz CT molecular complexity index is 528. The Balaban J connectivity index is 2.33. The summed E-state index contributed by atoms with van der Waals surface area (Å²) in [6, 6.07) is 4.79. The minimum Gasteiger partial charge on any atom is -0.361 e. The highest BCUT2D eigenvalue weighted by Gasteiger charge is 2.14. The molecule has 2 aromatic rings. The van der Waals surface area contributed by atoms with Crippen molar-refractivity contribution in [2.75, 3.05) is 0 Å². The average molecular weight is 232 g/mol. The van der Waals surface area contributed by atoms with E-state index >= 15 is 0 Å². The lowest BCUT2D eigenvalue weighted by molar-refractivity contribution is 0.499. The Hall–Kier alpha value is -1.64. The lowest BCUT2D eigenvalue weighted by atomic mass is 9.90. The van der Waals surface area contributed by atoms with Crippen molar-refractivity contribution in [2.24, 2.45) is 11.8 Å². The highest BCUT2D eigenvalue weighted by molar-refractivity contribution is 5.83. The molecule has 1 aromatic carbocycles. The summed E-state index contributed by atoms with van der Waals surface area (Å²) in [6.45, 7) is 4.23. The van der Waals surface area contributed by atoms with Crippen molar-refractivity contribution in [3.8, 4) is 0 Å². The van der Waals surface area contributed by atoms with E-state index in [1.807, 2.05) is 6.20 Å². The number of aromatic nitrogens is 1. The monoisotopic (exact) mass is 232 g/mol. The van der Waals surface area contributed by atoms with Gasteiger partial charge in [-0.15, -0.1) is 0 Å². The molecule has 2 N–H and O–H groups in total. The summed E-state index contributed by atoms with van der Waals surface area (Å²) in [5.41, 5.74) is 1.98. The topological polar surface area (TPSA) is 39.6 Å². The zero-order chi connectivity index (χ0) is 12.4. The molecule has 0 aliphatic heterocycles. The fraction of sp³-hybridized carbons (Fsp3) is 0.357. The van der Waals surface area contributed by atoms with Crippen LogP contribution in [0, 0.1) is 23.1 Å². The van der Waals surface area contributed by atoms with Gasteiger partial charge in [0, 0.05) is 17.1 Å². The van der Waals surface area contributed by atoms with Crippen molar-refractivity contribution in [1.82, 2.24) is 4.98 Å². The number of hydrogen-bond donors (Lipinski definition) is 2. The van der Waals surface area contributed by atoms with E-state index in [4.69, 9.17) is 5.41 Å². The van der Waals surface area contributed by atoms with Gasteiger partial charge in [0.2, 0.25) is 0 Å². The van der Waals surface area contributed by atoms with Crippen LogP contribution in [0.1, 0.15) is 19.4 Å². The molecular formula is C14H17FN2. The molecule has 2 nitrogen and oxygen atoms in total. The lowest BCUT2D eigenvalue weighted by Crippen LogP contribution is -2.12. The smallest absolute Gasteiger partial charge is 0.125 e. The van der Waals surface area contributed by atoms with E-state index in [0.29, 0.717) is 5.92 Å². The van der Waals surface area contributed by atoms with E-state index in [1.54, 1.807) is 6.07 Å². The van der Waals surface area contributed by atoms with E-state index in [2.05, 4.69) is 18.8 Å². The van der Waals surface area contributed by atoms with Crippen LogP contribution in [0.5, 0.6) is 0 Å². The third-order valence-corrected chi connectivity index (χ3v) is 3.26. The van der Waals surface area contributed by atoms with Crippen molar-refractivity contribution < 1.29 is 4.39 Å². The first-order valence-electron chi connectivity index (χ1n) is 5.88. The summed E-state index contributed by atoms with van der Waals surface area (Å²) in [5.74, 6) is 0.454. The molecule has 1 aromatic heterocycles. The fourth-order valence-electron chi connectivity index (χ4n) is 2.07. The third kappa shape index (κ3) is 2.38. The van der Waals surface area contributed by atoms with Crippen LogP contribution in [-0.4, -0.2) is 11.2 Å². The van der Waals surface area contributed by atoms with Gasteiger partial charge in [-0.2, -0.15) is 0 Å². The molecule has 17 heavy (non-hydrogen) atoms. The van der Waals surface area contributed by atoms with Gasteiger partial charge < -0.3 is 10.4 Å². The van der Waals surface area contributed by atoms with Gasteiger partial charge in [-0.25, -0.2) is 4.39 Å². The molecule has 0 spiro atoms. The van der Waals surface area contributed by atoms with E-state index in [0.717, 1.165) is 22.9 Å². The Kier molecular flexibility index (Phi) is 3.27. The molecule has 1 unspecified atom stereocenters. The zero-order valence-electron chi connectivity index (χ0n) is 10.1. The molecule has 0 aliphatic carbocycles. The first kappa shape index (κ1) is 11.8. The van der Waals surface area contributed by atoms with Gasteiger partial charge in [-0.05, 0) is 48.2 Å². The Morgan fingerprint density at radius 1 is 1.41 bits per heavy atom. The van der Waals surface area contributed by atoms with Gasteiger partial charge in [0.15, 0.2) is 0 Å². The molecule has 90 valence electrons. The van der Waals surface area contributed by atoms with Crippen LogP contribution in [0.4, 0.5) is 4.39 Å². The first-order valence-corrected chi connectivity index (χ1v) is 5.88. The molecular weight excluding hydrogens is 215 g/mol. The molecule has 3 heteroatoms. The molecule has 0 saturated carbocycles. The summed E-state index contributed by atoms with van der Waals surface area (Å²) in [6.07, 6.45) is 4.25. The van der Waals surface area contributed by atoms with E-state index in [9.17, 15) is 4.39 Å². The first-order chi connectivity index (χ1) is 8.11. The molecule has 0 bridgehead atoms. The van der Waals surface area contributed by atoms with Crippen molar-refractivity contribution in [2.45, 2.75) is 20.3 Å². The van der Waals surface area contributed by atoms with E-state index < -0.39 is 0 Å². The van der Waals surface area contributed by atoms with Gasteiger partial charge in [0.05, 0.1) is 0 Å². The average Bonchev–Trinajstić information content (AvgIpc) is 2.67. The van der Waals surface area contributed by atoms with E-state index in [1.165, 1.54) is 18.3 Å². The highest BCUT2D eigenvalue weighted by Crippen LogP contribution is 2.23. The fourth-order valence-corrected chi connectivity index (χ4v) is 2.07. The van der Waals surface area contributed by atoms with Crippen molar-refractivity contribution in [1.29, 1.82) is 5.41 Å². The van der Waals surface area contributed by atoms with Crippen LogP contribution in [0.15, 0.2) is 24.4 Å². The van der Waals surface area contributed by atoms with Crippen LogP contribution < -0.4 is 0 Å². The Morgan fingerprint density at radius 2 is 2.18 bits per heavy atom. The molecule has 1 heterocycles. The number of nitrogens with one attached hydrogen (secondary N) is 2. The second-order valence-electron chi connectivity index (χ2n) is 4.78. The van der Waals surface area contributed by atoms with Gasteiger partial charge in [0.25, 0.3) is 0 Å². The molecule has 1 atom stereocenters.